The van der Waals surface area contributed by atoms with Gasteiger partial charge in [-0.2, -0.15) is 0 Å². The highest BCUT2D eigenvalue weighted by atomic mass is 16.5. The number of carbonyl (C=O) groups is 2. The van der Waals surface area contributed by atoms with Crippen LogP contribution in [0.2, 0.25) is 0 Å². The summed E-state index contributed by atoms with van der Waals surface area (Å²) >= 11 is 0. The summed E-state index contributed by atoms with van der Waals surface area (Å²) in [4.78, 5) is 27.5. The van der Waals surface area contributed by atoms with Gasteiger partial charge in [-0.3, -0.25) is 14.5 Å². The SMILES string of the molecule is CCOCCCN1C(=O)C(Nc2ccccc2)=C(c2ccc(C)c(C)c2)C1=O. The zero-order valence-corrected chi connectivity index (χ0v) is 16.6. The Morgan fingerprint density at radius 1 is 0.964 bits per heavy atom. The predicted octanol–water partition coefficient (Wildman–Crippen LogP) is 3.92. The van der Waals surface area contributed by atoms with Crippen molar-refractivity contribution in [3.63, 3.8) is 0 Å². The van der Waals surface area contributed by atoms with Crippen LogP contribution < -0.4 is 5.32 Å². The summed E-state index contributed by atoms with van der Waals surface area (Å²) in [5.74, 6) is -0.554. The first kappa shape index (κ1) is 19.8. The number of rotatable bonds is 8. The average molecular weight is 378 g/mol. The molecule has 0 bridgehead atoms. The molecule has 0 aliphatic carbocycles. The molecule has 5 nitrogen and oxygen atoms in total. The zero-order valence-electron chi connectivity index (χ0n) is 16.6. The molecule has 0 spiro atoms. The van der Waals surface area contributed by atoms with Crippen LogP contribution in [0.1, 0.15) is 30.0 Å². The molecule has 0 aromatic heterocycles. The summed E-state index contributed by atoms with van der Waals surface area (Å²) in [6.45, 7) is 7.44. The third-order valence-electron chi connectivity index (χ3n) is 4.88. The third kappa shape index (κ3) is 4.15. The van der Waals surface area contributed by atoms with Crippen molar-refractivity contribution in [2.45, 2.75) is 27.2 Å². The zero-order chi connectivity index (χ0) is 20.1. The molecular weight excluding hydrogens is 352 g/mol. The van der Waals surface area contributed by atoms with Gasteiger partial charge in [0.2, 0.25) is 0 Å². The largest absolute Gasteiger partial charge is 0.382 e. The van der Waals surface area contributed by atoms with E-state index < -0.39 is 0 Å². The van der Waals surface area contributed by atoms with Gasteiger partial charge < -0.3 is 10.1 Å². The van der Waals surface area contributed by atoms with Crippen molar-refractivity contribution in [1.29, 1.82) is 0 Å². The molecule has 0 radical (unpaired) electrons. The second-order valence-corrected chi connectivity index (χ2v) is 6.85. The van der Waals surface area contributed by atoms with Gasteiger partial charge in [-0.15, -0.1) is 0 Å². The number of amides is 2. The molecule has 146 valence electrons. The Morgan fingerprint density at radius 2 is 1.71 bits per heavy atom. The number of ether oxygens (including phenoxy) is 1. The van der Waals surface area contributed by atoms with Crippen LogP contribution in [0.4, 0.5) is 5.69 Å². The summed E-state index contributed by atoms with van der Waals surface area (Å²) in [6.07, 6.45) is 0.615. The standard InChI is InChI=1S/C23H26N2O3/c1-4-28-14-8-13-25-22(26)20(18-12-11-16(2)17(3)15-18)21(23(25)27)24-19-9-6-5-7-10-19/h5-7,9-12,15,24H,4,8,13-14H2,1-3H3. The Labute approximate surface area is 166 Å². The third-order valence-corrected chi connectivity index (χ3v) is 4.88. The first-order valence-corrected chi connectivity index (χ1v) is 9.60. The minimum Gasteiger partial charge on any atom is -0.382 e. The molecule has 0 saturated carbocycles. The Kier molecular flexibility index (Phi) is 6.26. The smallest absolute Gasteiger partial charge is 0.278 e. The van der Waals surface area contributed by atoms with Crippen molar-refractivity contribution < 1.29 is 14.3 Å². The molecule has 2 aromatic carbocycles. The van der Waals surface area contributed by atoms with E-state index in [-0.39, 0.29) is 11.8 Å². The molecule has 28 heavy (non-hydrogen) atoms. The number of carbonyl (C=O) groups excluding carboxylic acids is 2. The first-order valence-electron chi connectivity index (χ1n) is 9.60. The normalized spacial score (nSPS) is 14.2. The van der Waals surface area contributed by atoms with Crippen molar-refractivity contribution in [3.05, 3.63) is 70.9 Å². The number of aryl methyl sites for hydroxylation is 2. The van der Waals surface area contributed by atoms with E-state index in [1.165, 1.54) is 4.90 Å². The summed E-state index contributed by atoms with van der Waals surface area (Å²) in [7, 11) is 0. The fourth-order valence-electron chi connectivity index (χ4n) is 3.19. The van der Waals surface area contributed by atoms with E-state index in [1.54, 1.807) is 0 Å². The van der Waals surface area contributed by atoms with Gasteiger partial charge in [-0.05, 0) is 56.0 Å². The van der Waals surface area contributed by atoms with Gasteiger partial charge in [0.1, 0.15) is 5.70 Å². The fraction of sp³-hybridized carbons (Fsp3) is 0.304. The van der Waals surface area contributed by atoms with Crippen LogP contribution in [-0.2, 0) is 14.3 Å². The van der Waals surface area contributed by atoms with Crippen molar-refractivity contribution in [3.8, 4) is 0 Å². The lowest BCUT2D eigenvalue weighted by Crippen LogP contribution is -2.34. The quantitative estimate of drug-likeness (QED) is 0.559. The molecular formula is C23H26N2O3. The summed E-state index contributed by atoms with van der Waals surface area (Å²) in [5, 5.41) is 3.17. The maximum absolute atomic E-state index is 13.1. The molecule has 5 heteroatoms. The van der Waals surface area contributed by atoms with Gasteiger partial charge in [-0.25, -0.2) is 0 Å². The van der Waals surface area contributed by atoms with Crippen LogP contribution in [0.5, 0.6) is 0 Å². The lowest BCUT2D eigenvalue weighted by molar-refractivity contribution is -0.137. The van der Waals surface area contributed by atoms with E-state index in [0.29, 0.717) is 37.4 Å². The van der Waals surface area contributed by atoms with E-state index in [4.69, 9.17) is 4.74 Å². The number of hydrogen-bond donors (Lipinski definition) is 1. The second-order valence-electron chi connectivity index (χ2n) is 6.85. The topological polar surface area (TPSA) is 58.6 Å². The summed E-state index contributed by atoms with van der Waals surface area (Å²) in [5.41, 5.74) is 4.51. The van der Waals surface area contributed by atoms with E-state index in [2.05, 4.69) is 5.32 Å². The van der Waals surface area contributed by atoms with Crippen molar-refractivity contribution in [2.75, 3.05) is 25.1 Å². The molecule has 2 amide bonds. The monoisotopic (exact) mass is 378 g/mol. The van der Waals surface area contributed by atoms with E-state index >= 15 is 0 Å². The van der Waals surface area contributed by atoms with Gasteiger partial charge in [0.25, 0.3) is 11.8 Å². The summed E-state index contributed by atoms with van der Waals surface area (Å²) in [6, 6.07) is 15.3. The Morgan fingerprint density at radius 3 is 2.39 bits per heavy atom. The van der Waals surface area contributed by atoms with Gasteiger partial charge in [0.15, 0.2) is 0 Å². The first-order chi connectivity index (χ1) is 13.5. The number of nitrogens with one attached hydrogen (secondary N) is 1. The number of para-hydroxylation sites is 1. The molecule has 0 unspecified atom stereocenters. The highest BCUT2D eigenvalue weighted by Crippen LogP contribution is 2.31. The lowest BCUT2D eigenvalue weighted by Gasteiger charge is -2.15. The number of benzene rings is 2. The molecule has 3 rings (SSSR count). The highest BCUT2D eigenvalue weighted by Gasteiger charge is 2.38. The minimum absolute atomic E-state index is 0.261. The van der Waals surface area contributed by atoms with Crippen LogP contribution in [-0.4, -0.2) is 36.5 Å². The van der Waals surface area contributed by atoms with E-state index in [9.17, 15) is 9.59 Å². The highest BCUT2D eigenvalue weighted by molar-refractivity contribution is 6.36. The van der Waals surface area contributed by atoms with Crippen LogP contribution in [0.25, 0.3) is 5.57 Å². The number of hydrogen-bond acceptors (Lipinski definition) is 4. The molecule has 2 aromatic rings. The number of anilines is 1. The van der Waals surface area contributed by atoms with Crippen LogP contribution in [0, 0.1) is 13.8 Å². The van der Waals surface area contributed by atoms with Crippen molar-refractivity contribution in [1.82, 2.24) is 4.90 Å². The van der Waals surface area contributed by atoms with Crippen molar-refractivity contribution in [2.24, 2.45) is 0 Å². The molecule has 0 saturated heterocycles. The number of nitrogens with zero attached hydrogens (tertiary/aromatic N) is 1. The minimum atomic E-state index is -0.293. The molecule has 0 atom stereocenters. The van der Waals surface area contributed by atoms with Gasteiger partial charge in [-0.1, -0.05) is 36.4 Å². The Hall–Kier alpha value is -2.92. The Bertz CT molecular complexity index is 903. The lowest BCUT2D eigenvalue weighted by atomic mass is 9.99. The Balaban J connectivity index is 1.96. The van der Waals surface area contributed by atoms with E-state index in [1.807, 2.05) is 69.3 Å². The maximum Gasteiger partial charge on any atom is 0.278 e. The van der Waals surface area contributed by atoms with Gasteiger partial charge in [0.05, 0.1) is 5.57 Å². The molecule has 1 N–H and O–H groups in total. The van der Waals surface area contributed by atoms with Crippen LogP contribution >= 0.6 is 0 Å². The van der Waals surface area contributed by atoms with Crippen LogP contribution in [0.3, 0.4) is 0 Å². The summed E-state index contributed by atoms with van der Waals surface area (Å²) < 4.78 is 5.35. The maximum atomic E-state index is 13.1. The fourth-order valence-corrected chi connectivity index (χ4v) is 3.19. The molecule has 0 fully saturated rings. The van der Waals surface area contributed by atoms with Crippen LogP contribution in [0.15, 0.2) is 54.2 Å². The molecule has 1 heterocycles. The predicted molar refractivity (Wildman–Crippen MR) is 111 cm³/mol. The molecule has 1 aliphatic rings. The van der Waals surface area contributed by atoms with Crippen molar-refractivity contribution >= 4 is 23.1 Å². The second kappa shape index (κ2) is 8.85. The number of imide groups is 1. The van der Waals surface area contributed by atoms with E-state index in [0.717, 1.165) is 22.4 Å². The molecule has 1 aliphatic heterocycles. The van der Waals surface area contributed by atoms with Gasteiger partial charge in [0, 0.05) is 25.4 Å². The van der Waals surface area contributed by atoms with Gasteiger partial charge >= 0.3 is 0 Å². The average Bonchev–Trinajstić information content (AvgIpc) is 2.92.